The molecule has 0 bridgehead atoms. The van der Waals surface area contributed by atoms with Crippen LogP contribution in [0.25, 0.3) is 0 Å². The van der Waals surface area contributed by atoms with E-state index >= 15 is 0 Å². The highest BCUT2D eigenvalue weighted by Crippen LogP contribution is 2.25. The van der Waals surface area contributed by atoms with Crippen molar-refractivity contribution < 1.29 is 14.2 Å². The molecule has 0 aliphatic rings. The number of aliphatic hydroxyl groups excluding tert-OH is 1. The molecular weight excluding hydrogens is 325 g/mol. The van der Waals surface area contributed by atoms with Crippen molar-refractivity contribution in [3.8, 4) is 5.75 Å². The van der Waals surface area contributed by atoms with Gasteiger partial charge in [-0.05, 0) is 42.5 Å². The molecule has 5 heteroatoms. The van der Waals surface area contributed by atoms with Crippen molar-refractivity contribution in [2.24, 2.45) is 0 Å². The minimum atomic E-state index is -0.513. The van der Waals surface area contributed by atoms with Gasteiger partial charge in [-0.3, -0.25) is 0 Å². The molecule has 0 fully saturated rings. The SMILES string of the molecule is COc1ccc(NC(CO)c2cc(Br)ccc2F)cc1. The second-order valence-corrected chi connectivity index (χ2v) is 5.19. The van der Waals surface area contributed by atoms with Crippen molar-refractivity contribution in [3.05, 3.63) is 58.3 Å². The van der Waals surface area contributed by atoms with Gasteiger partial charge >= 0.3 is 0 Å². The molecular formula is C15H15BrFNO2. The van der Waals surface area contributed by atoms with Crippen molar-refractivity contribution in [1.82, 2.24) is 0 Å². The van der Waals surface area contributed by atoms with Crippen LogP contribution in [0.1, 0.15) is 11.6 Å². The zero-order chi connectivity index (χ0) is 14.5. The number of halogens is 2. The first-order valence-corrected chi connectivity index (χ1v) is 6.89. The Morgan fingerprint density at radius 2 is 1.95 bits per heavy atom. The van der Waals surface area contributed by atoms with Crippen LogP contribution < -0.4 is 10.1 Å². The minimum absolute atomic E-state index is 0.209. The molecule has 0 radical (unpaired) electrons. The molecule has 0 aliphatic carbocycles. The quantitative estimate of drug-likeness (QED) is 0.871. The molecule has 0 heterocycles. The normalized spacial score (nSPS) is 12.0. The highest BCUT2D eigenvalue weighted by atomic mass is 79.9. The van der Waals surface area contributed by atoms with Gasteiger partial charge in [-0.1, -0.05) is 15.9 Å². The first kappa shape index (κ1) is 14.8. The molecule has 1 atom stereocenters. The topological polar surface area (TPSA) is 41.5 Å². The molecule has 2 aromatic rings. The average molecular weight is 340 g/mol. The molecule has 20 heavy (non-hydrogen) atoms. The third-order valence-electron chi connectivity index (χ3n) is 2.95. The molecule has 0 aromatic heterocycles. The van der Waals surface area contributed by atoms with Crippen LogP contribution in [-0.2, 0) is 0 Å². The van der Waals surface area contributed by atoms with Gasteiger partial charge < -0.3 is 15.2 Å². The van der Waals surface area contributed by atoms with Gasteiger partial charge in [-0.2, -0.15) is 0 Å². The first-order chi connectivity index (χ1) is 9.63. The van der Waals surface area contributed by atoms with E-state index in [0.29, 0.717) is 5.56 Å². The average Bonchev–Trinajstić information content (AvgIpc) is 2.48. The molecule has 0 amide bonds. The monoisotopic (exact) mass is 339 g/mol. The number of nitrogens with one attached hydrogen (secondary N) is 1. The zero-order valence-electron chi connectivity index (χ0n) is 10.9. The number of benzene rings is 2. The van der Waals surface area contributed by atoms with E-state index in [2.05, 4.69) is 21.2 Å². The maximum Gasteiger partial charge on any atom is 0.128 e. The van der Waals surface area contributed by atoms with E-state index in [1.54, 1.807) is 31.4 Å². The first-order valence-electron chi connectivity index (χ1n) is 6.10. The Morgan fingerprint density at radius 3 is 2.55 bits per heavy atom. The molecule has 2 rings (SSSR count). The maximum atomic E-state index is 13.8. The second kappa shape index (κ2) is 6.72. The Hall–Kier alpha value is -1.59. The lowest BCUT2D eigenvalue weighted by molar-refractivity contribution is 0.274. The van der Waals surface area contributed by atoms with Crippen LogP contribution >= 0.6 is 15.9 Å². The van der Waals surface area contributed by atoms with Crippen LogP contribution in [0.2, 0.25) is 0 Å². The molecule has 0 aliphatic heterocycles. The summed E-state index contributed by atoms with van der Waals surface area (Å²) in [5.74, 6) is 0.387. The van der Waals surface area contributed by atoms with Gasteiger partial charge in [0, 0.05) is 15.7 Å². The van der Waals surface area contributed by atoms with Gasteiger partial charge in [0.15, 0.2) is 0 Å². The molecule has 1 unspecified atom stereocenters. The molecule has 0 saturated heterocycles. The summed E-state index contributed by atoms with van der Waals surface area (Å²) in [6.07, 6.45) is 0. The van der Waals surface area contributed by atoms with Gasteiger partial charge in [-0.15, -0.1) is 0 Å². The van der Waals surface area contributed by atoms with Crippen LogP contribution in [-0.4, -0.2) is 18.8 Å². The summed E-state index contributed by atoms with van der Waals surface area (Å²) in [5.41, 5.74) is 1.20. The lowest BCUT2D eigenvalue weighted by Crippen LogP contribution is -2.16. The molecule has 2 N–H and O–H groups in total. The highest BCUT2D eigenvalue weighted by molar-refractivity contribution is 9.10. The Kier molecular flexibility index (Phi) is 4.98. The second-order valence-electron chi connectivity index (χ2n) is 4.27. The van der Waals surface area contributed by atoms with Crippen LogP contribution in [0.4, 0.5) is 10.1 Å². The van der Waals surface area contributed by atoms with E-state index in [1.165, 1.54) is 6.07 Å². The van der Waals surface area contributed by atoms with Crippen LogP contribution in [0.3, 0.4) is 0 Å². The van der Waals surface area contributed by atoms with Gasteiger partial charge in [0.1, 0.15) is 11.6 Å². The molecule has 3 nitrogen and oxygen atoms in total. The maximum absolute atomic E-state index is 13.8. The van der Waals surface area contributed by atoms with E-state index in [9.17, 15) is 9.50 Å². The minimum Gasteiger partial charge on any atom is -0.497 e. The van der Waals surface area contributed by atoms with Crippen molar-refractivity contribution in [1.29, 1.82) is 0 Å². The zero-order valence-corrected chi connectivity index (χ0v) is 12.5. The van der Waals surface area contributed by atoms with Crippen LogP contribution in [0.5, 0.6) is 5.75 Å². The van der Waals surface area contributed by atoms with Crippen molar-refractivity contribution in [2.45, 2.75) is 6.04 Å². The van der Waals surface area contributed by atoms with Crippen LogP contribution in [0, 0.1) is 5.82 Å². The van der Waals surface area contributed by atoms with E-state index in [-0.39, 0.29) is 12.4 Å². The van der Waals surface area contributed by atoms with Gasteiger partial charge in [0.25, 0.3) is 0 Å². The number of rotatable bonds is 5. The van der Waals surface area contributed by atoms with E-state index in [0.717, 1.165) is 15.9 Å². The van der Waals surface area contributed by atoms with E-state index in [4.69, 9.17) is 4.74 Å². The predicted molar refractivity (Wildman–Crippen MR) is 80.5 cm³/mol. The number of hydrogen-bond acceptors (Lipinski definition) is 3. The molecule has 0 saturated carbocycles. The summed E-state index contributed by atoms with van der Waals surface area (Å²) in [6, 6.07) is 11.4. The Morgan fingerprint density at radius 1 is 1.25 bits per heavy atom. The number of hydrogen-bond donors (Lipinski definition) is 2. The molecule has 0 spiro atoms. The number of methoxy groups -OCH3 is 1. The third kappa shape index (κ3) is 3.49. The lowest BCUT2D eigenvalue weighted by atomic mass is 10.1. The summed E-state index contributed by atoms with van der Waals surface area (Å²) in [6.45, 7) is -0.209. The largest absolute Gasteiger partial charge is 0.497 e. The van der Waals surface area contributed by atoms with E-state index < -0.39 is 6.04 Å². The Bertz CT molecular complexity index is 575. The fourth-order valence-electron chi connectivity index (χ4n) is 1.89. The van der Waals surface area contributed by atoms with Crippen LogP contribution in [0.15, 0.2) is 46.9 Å². The Labute approximate surface area is 125 Å². The van der Waals surface area contributed by atoms with Gasteiger partial charge in [0.05, 0.1) is 19.8 Å². The molecule has 106 valence electrons. The van der Waals surface area contributed by atoms with Gasteiger partial charge in [-0.25, -0.2) is 4.39 Å². The standard InChI is InChI=1S/C15H15BrFNO2/c1-20-12-5-3-11(4-6-12)18-15(9-19)13-8-10(16)2-7-14(13)17/h2-8,15,18-19H,9H2,1H3. The van der Waals surface area contributed by atoms with E-state index in [1.807, 2.05) is 12.1 Å². The van der Waals surface area contributed by atoms with Crippen molar-refractivity contribution in [3.63, 3.8) is 0 Å². The van der Waals surface area contributed by atoms with Crippen molar-refractivity contribution in [2.75, 3.05) is 19.0 Å². The molecule has 2 aromatic carbocycles. The summed E-state index contributed by atoms with van der Waals surface area (Å²) in [7, 11) is 1.59. The number of aliphatic hydroxyl groups is 1. The summed E-state index contributed by atoms with van der Waals surface area (Å²) in [4.78, 5) is 0. The smallest absolute Gasteiger partial charge is 0.128 e. The number of ether oxygens (including phenoxy) is 1. The van der Waals surface area contributed by atoms with Crippen molar-refractivity contribution >= 4 is 21.6 Å². The Balaban J connectivity index is 2.21. The highest BCUT2D eigenvalue weighted by Gasteiger charge is 2.15. The summed E-state index contributed by atoms with van der Waals surface area (Å²) >= 11 is 3.31. The lowest BCUT2D eigenvalue weighted by Gasteiger charge is -2.19. The third-order valence-corrected chi connectivity index (χ3v) is 3.44. The van der Waals surface area contributed by atoms with Gasteiger partial charge in [0.2, 0.25) is 0 Å². The summed E-state index contributed by atoms with van der Waals surface area (Å²) in [5, 5.41) is 12.6. The fraction of sp³-hybridized carbons (Fsp3) is 0.200. The predicted octanol–water partition coefficient (Wildman–Crippen LogP) is 3.74. The fourth-order valence-corrected chi connectivity index (χ4v) is 2.27. The summed E-state index contributed by atoms with van der Waals surface area (Å²) < 4.78 is 19.7. The number of anilines is 1.